The number of carbonyl (C=O) groups is 1. The minimum Gasteiger partial charge on any atom is -0.380 e. The molecule has 1 amide bonds. The zero-order valence-electron chi connectivity index (χ0n) is 9.86. The number of amides is 1. The predicted molar refractivity (Wildman–Crippen MR) is 59.0 cm³/mol. The summed E-state index contributed by atoms with van der Waals surface area (Å²) in [6, 6.07) is -0.0100. The van der Waals surface area contributed by atoms with E-state index in [2.05, 4.69) is 20.7 Å². The highest BCUT2D eigenvalue weighted by Crippen LogP contribution is 2.03. The number of carbonyl (C=O) groups excluding carboxylic acids is 1. The quantitative estimate of drug-likeness (QED) is 0.744. The summed E-state index contributed by atoms with van der Waals surface area (Å²) in [5.74, 6) is 0.0783. The maximum atomic E-state index is 11.7. The topological polar surface area (TPSA) is 79.9 Å². The molecular weight excluding hydrogens is 208 g/mol. The van der Waals surface area contributed by atoms with Crippen molar-refractivity contribution < 1.29 is 9.53 Å². The van der Waals surface area contributed by atoms with Gasteiger partial charge in [-0.3, -0.25) is 4.79 Å². The Balaban J connectivity index is 2.51. The van der Waals surface area contributed by atoms with Crippen LogP contribution in [0.25, 0.3) is 0 Å². The Kier molecular flexibility index (Phi) is 4.91. The number of nitrogens with one attached hydrogen (secondary N) is 2. The van der Waals surface area contributed by atoms with Gasteiger partial charge in [-0.25, -0.2) is 0 Å². The first-order chi connectivity index (χ1) is 7.65. The first-order valence-corrected chi connectivity index (χ1v) is 5.39. The summed E-state index contributed by atoms with van der Waals surface area (Å²) >= 11 is 0. The molecule has 0 radical (unpaired) electrons. The molecule has 90 valence electrons. The van der Waals surface area contributed by atoms with E-state index in [4.69, 9.17) is 4.74 Å². The van der Waals surface area contributed by atoms with Crippen molar-refractivity contribution in [2.75, 3.05) is 13.2 Å². The molecule has 16 heavy (non-hydrogen) atoms. The van der Waals surface area contributed by atoms with Crippen LogP contribution in [0.5, 0.6) is 0 Å². The Morgan fingerprint density at radius 1 is 1.62 bits per heavy atom. The van der Waals surface area contributed by atoms with E-state index in [-0.39, 0.29) is 11.9 Å². The zero-order valence-corrected chi connectivity index (χ0v) is 9.86. The van der Waals surface area contributed by atoms with E-state index in [1.807, 2.05) is 20.8 Å². The molecule has 1 rings (SSSR count). The van der Waals surface area contributed by atoms with Gasteiger partial charge in [-0.2, -0.15) is 15.4 Å². The molecule has 1 aromatic heterocycles. The van der Waals surface area contributed by atoms with E-state index in [0.717, 1.165) is 0 Å². The van der Waals surface area contributed by atoms with Crippen molar-refractivity contribution in [3.63, 3.8) is 0 Å². The van der Waals surface area contributed by atoms with Gasteiger partial charge in [0, 0.05) is 6.61 Å². The second-order valence-electron chi connectivity index (χ2n) is 3.84. The molecule has 0 aliphatic carbocycles. The van der Waals surface area contributed by atoms with Gasteiger partial charge >= 0.3 is 0 Å². The predicted octanol–water partition coefficient (Wildman–Crippen LogP) is 0.596. The molecular formula is C10H18N4O2. The molecule has 0 saturated carbocycles. The van der Waals surface area contributed by atoms with Crippen molar-refractivity contribution in [2.24, 2.45) is 5.92 Å². The van der Waals surface area contributed by atoms with Crippen molar-refractivity contribution in [2.45, 2.75) is 26.8 Å². The molecule has 1 aromatic rings. The standard InChI is InChI=1S/C10H18N4O2/c1-4-16-6-9(7(2)3)12-10(15)8-5-11-14-13-8/h5,7,9H,4,6H2,1-3H3,(H,12,15)(H,11,13,14). The smallest absolute Gasteiger partial charge is 0.273 e. The summed E-state index contributed by atoms with van der Waals surface area (Å²) in [4.78, 5) is 11.7. The van der Waals surface area contributed by atoms with Gasteiger partial charge in [0.1, 0.15) is 0 Å². The first-order valence-electron chi connectivity index (χ1n) is 5.39. The summed E-state index contributed by atoms with van der Waals surface area (Å²) in [6.07, 6.45) is 1.40. The Bertz CT molecular complexity index is 311. The van der Waals surface area contributed by atoms with Crippen LogP contribution in [0.4, 0.5) is 0 Å². The largest absolute Gasteiger partial charge is 0.380 e. The van der Waals surface area contributed by atoms with Crippen molar-refractivity contribution >= 4 is 5.91 Å². The van der Waals surface area contributed by atoms with E-state index in [0.29, 0.717) is 24.8 Å². The maximum Gasteiger partial charge on any atom is 0.273 e. The van der Waals surface area contributed by atoms with Crippen LogP contribution in [0.2, 0.25) is 0 Å². The number of nitrogens with zero attached hydrogens (tertiary/aromatic N) is 2. The van der Waals surface area contributed by atoms with Crippen molar-refractivity contribution in [1.29, 1.82) is 0 Å². The van der Waals surface area contributed by atoms with Gasteiger partial charge in [-0.1, -0.05) is 13.8 Å². The van der Waals surface area contributed by atoms with Crippen LogP contribution in [0.1, 0.15) is 31.3 Å². The maximum absolute atomic E-state index is 11.7. The van der Waals surface area contributed by atoms with Gasteiger partial charge < -0.3 is 10.1 Å². The number of aromatic nitrogens is 3. The fraction of sp³-hybridized carbons (Fsp3) is 0.700. The van der Waals surface area contributed by atoms with Crippen LogP contribution in [-0.4, -0.2) is 40.6 Å². The van der Waals surface area contributed by atoms with Crippen LogP contribution in [0.15, 0.2) is 6.20 Å². The van der Waals surface area contributed by atoms with Gasteiger partial charge in [0.25, 0.3) is 5.91 Å². The zero-order chi connectivity index (χ0) is 12.0. The second-order valence-corrected chi connectivity index (χ2v) is 3.84. The van der Waals surface area contributed by atoms with Crippen LogP contribution in [-0.2, 0) is 4.74 Å². The molecule has 6 nitrogen and oxygen atoms in total. The average molecular weight is 226 g/mol. The molecule has 0 aliphatic rings. The highest BCUT2D eigenvalue weighted by molar-refractivity contribution is 5.92. The number of hydrogen-bond acceptors (Lipinski definition) is 4. The highest BCUT2D eigenvalue weighted by atomic mass is 16.5. The molecule has 1 heterocycles. The Morgan fingerprint density at radius 2 is 2.38 bits per heavy atom. The van der Waals surface area contributed by atoms with Crippen LogP contribution >= 0.6 is 0 Å². The van der Waals surface area contributed by atoms with Crippen LogP contribution in [0, 0.1) is 5.92 Å². The Hall–Kier alpha value is -1.43. The second kappa shape index (κ2) is 6.22. The normalized spacial score (nSPS) is 12.8. The molecule has 0 spiro atoms. The summed E-state index contributed by atoms with van der Waals surface area (Å²) in [6.45, 7) is 7.15. The van der Waals surface area contributed by atoms with E-state index in [1.165, 1.54) is 6.20 Å². The average Bonchev–Trinajstić information content (AvgIpc) is 2.76. The van der Waals surface area contributed by atoms with E-state index in [9.17, 15) is 4.79 Å². The third kappa shape index (κ3) is 3.62. The lowest BCUT2D eigenvalue weighted by atomic mass is 10.1. The molecule has 6 heteroatoms. The third-order valence-electron chi connectivity index (χ3n) is 2.27. The number of aromatic amines is 1. The minimum absolute atomic E-state index is 0.0100. The number of H-pyrrole nitrogens is 1. The van der Waals surface area contributed by atoms with Gasteiger partial charge in [0.05, 0.1) is 18.8 Å². The Morgan fingerprint density at radius 3 is 2.88 bits per heavy atom. The third-order valence-corrected chi connectivity index (χ3v) is 2.27. The summed E-state index contributed by atoms with van der Waals surface area (Å²) in [7, 11) is 0. The lowest BCUT2D eigenvalue weighted by Gasteiger charge is -2.21. The summed E-state index contributed by atoms with van der Waals surface area (Å²) in [5, 5.41) is 12.6. The van der Waals surface area contributed by atoms with Crippen molar-refractivity contribution in [1.82, 2.24) is 20.7 Å². The SMILES string of the molecule is CCOCC(NC(=O)c1cn[nH]n1)C(C)C. The molecule has 0 aromatic carbocycles. The fourth-order valence-electron chi connectivity index (χ4n) is 1.20. The lowest BCUT2D eigenvalue weighted by molar-refractivity contribution is 0.0802. The molecule has 0 fully saturated rings. The first kappa shape index (κ1) is 12.6. The Labute approximate surface area is 94.8 Å². The molecule has 0 saturated heterocycles. The van der Waals surface area contributed by atoms with Crippen molar-refractivity contribution in [3.8, 4) is 0 Å². The highest BCUT2D eigenvalue weighted by Gasteiger charge is 2.18. The van der Waals surface area contributed by atoms with E-state index in [1.54, 1.807) is 0 Å². The van der Waals surface area contributed by atoms with Gasteiger partial charge in [0.15, 0.2) is 5.69 Å². The number of hydrogen-bond donors (Lipinski definition) is 2. The van der Waals surface area contributed by atoms with Gasteiger partial charge in [-0.15, -0.1) is 0 Å². The molecule has 2 N–H and O–H groups in total. The number of rotatable bonds is 6. The lowest BCUT2D eigenvalue weighted by Crippen LogP contribution is -2.42. The monoisotopic (exact) mass is 226 g/mol. The molecule has 1 atom stereocenters. The van der Waals surface area contributed by atoms with Gasteiger partial charge in [-0.05, 0) is 12.8 Å². The fourth-order valence-corrected chi connectivity index (χ4v) is 1.20. The number of ether oxygens (including phenoxy) is 1. The van der Waals surface area contributed by atoms with Gasteiger partial charge in [0.2, 0.25) is 0 Å². The van der Waals surface area contributed by atoms with Crippen molar-refractivity contribution in [3.05, 3.63) is 11.9 Å². The molecule has 0 aliphatic heterocycles. The summed E-state index contributed by atoms with van der Waals surface area (Å²) in [5.41, 5.74) is 0.294. The van der Waals surface area contributed by atoms with E-state index >= 15 is 0 Å². The van der Waals surface area contributed by atoms with Crippen LogP contribution < -0.4 is 5.32 Å². The van der Waals surface area contributed by atoms with E-state index < -0.39 is 0 Å². The minimum atomic E-state index is -0.229. The molecule has 1 unspecified atom stereocenters. The van der Waals surface area contributed by atoms with Crippen LogP contribution in [0.3, 0.4) is 0 Å². The molecule has 0 bridgehead atoms. The summed E-state index contributed by atoms with van der Waals surface area (Å²) < 4.78 is 5.32.